The minimum absolute atomic E-state index is 0.0566. The first-order chi connectivity index (χ1) is 15.0. The zero-order chi connectivity index (χ0) is 21.8. The largest absolute Gasteiger partial charge is 0.489 e. The number of nitrogens with zero attached hydrogens (tertiary/aromatic N) is 3. The summed E-state index contributed by atoms with van der Waals surface area (Å²) in [6, 6.07) is 12.9. The molecular formula is C22H26Cl2N4O3. The molecule has 0 spiro atoms. The van der Waals surface area contributed by atoms with Crippen LogP contribution in [0.5, 0.6) is 5.75 Å². The lowest BCUT2D eigenvalue weighted by molar-refractivity contribution is 0.0363. The number of halogens is 2. The van der Waals surface area contributed by atoms with Crippen molar-refractivity contribution in [3.63, 3.8) is 0 Å². The van der Waals surface area contributed by atoms with Gasteiger partial charge in [0.25, 0.3) is 0 Å². The first-order valence-corrected chi connectivity index (χ1v) is 11.1. The van der Waals surface area contributed by atoms with Gasteiger partial charge >= 0.3 is 0 Å². The average Bonchev–Trinajstić information content (AvgIpc) is 3.03. The number of nitrogens with one attached hydrogen (secondary N) is 1. The molecule has 1 aliphatic rings. The quantitative estimate of drug-likeness (QED) is 0.537. The van der Waals surface area contributed by atoms with E-state index in [1.165, 1.54) is 0 Å². The highest BCUT2D eigenvalue weighted by Crippen LogP contribution is 2.27. The maximum atomic E-state index is 10.6. The molecule has 1 saturated heterocycles. The minimum Gasteiger partial charge on any atom is -0.489 e. The zero-order valence-corrected chi connectivity index (χ0v) is 18.6. The third kappa shape index (κ3) is 5.25. The summed E-state index contributed by atoms with van der Waals surface area (Å²) in [5.74, 6) is 0.467. The van der Waals surface area contributed by atoms with E-state index in [9.17, 15) is 5.11 Å². The van der Waals surface area contributed by atoms with Crippen molar-refractivity contribution in [2.75, 3.05) is 39.5 Å². The number of morpholine rings is 1. The molecule has 0 bridgehead atoms. The van der Waals surface area contributed by atoms with Gasteiger partial charge < -0.3 is 23.7 Å². The van der Waals surface area contributed by atoms with Crippen LogP contribution in [0.3, 0.4) is 0 Å². The molecule has 2 N–H and O–H groups in total. The van der Waals surface area contributed by atoms with E-state index in [2.05, 4.69) is 4.90 Å². The van der Waals surface area contributed by atoms with Gasteiger partial charge in [0.15, 0.2) is 0 Å². The fraction of sp³-hybridized carbons (Fsp3) is 0.409. The maximum Gasteiger partial charge on any atom is 0.203 e. The standard InChI is InChI=1S/C22H26Cl2N4O3/c23-16-5-6-21(18(24)13-16)31-15-17(29)14-28-20-4-2-1-3-19(20)27(22(28)25)8-7-26-9-11-30-12-10-26/h1-6,13,17,25,29H,7-12,14-15H2/t17-/m1/s1. The van der Waals surface area contributed by atoms with Crippen LogP contribution in [-0.4, -0.2) is 64.7 Å². The predicted octanol–water partition coefficient (Wildman–Crippen LogP) is 3.00. The summed E-state index contributed by atoms with van der Waals surface area (Å²) in [7, 11) is 0. The van der Waals surface area contributed by atoms with Crippen LogP contribution in [0, 0.1) is 5.41 Å². The van der Waals surface area contributed by atoms with Gasteiger partial charge in [-0.2, -0.15) is 0 Å². The van der Waals surface area contributed by atoms with Crippen molar-refractivity contribution in [3.8, 4) is 5.75 Å². The number of benzene rings is 2. The number of aliphatic hydroxyl groups excluding tert-OH is 1. The van der Waals surface area contributed by atoms with Crippen LogP contribution in [0.2, 0.25) is 10.0 Å². The van der Waals surface area contributed by atoms with Crippen LogP contribution in [0.25, 0.3) is 11.0 Å². The average molecular weight is 465 g/mol. The van der Waals surface area contributed by atoms with Gasteiger partial charge in [0.1, 0.15) is 18.5 Å². The number of aliphatic hydroxyl groups is 1. The van der Waals surface area contributed by atoms with E-state index in [1.54, 1.807) is 18.2 Å². The van der Waals surface area contributed by atoms with Crippen molar-refractivity contribution in [1.82, 2.24) is 14.0 Å². The molecule has 3 aromatic rings. The summed E-state index contributed by atoms with van der Waals surface area (Å²) in [5, 5.41) is 20.3. The van der Waals surface area contributed by atoms with Gasteiger partial charge in [-0.05, 0) is 30.3 Å². The van der Waals surface area contributed by atoms with Gasteiger partial charge in [-0.15, -0.1) is 0 Å². The SMILES string of the molecule is N=c1n(CCN2CCOCC2)c2ccccc2n1C[C@@H](O)COc1ccc(Cl)cc1Cl. The van der Waals surface area contributed by atoms with Gasteiger partial charge in [-0.25, -0.2) is 0 Å². The smallest absolute Gasteiger partial charge is 0.203 e. The summed E-state index contributed by atoms with van der Waals surface area (Å²) in [5.41, 5.74) is 2.26. The fourth-order valence-electron chi connectivity index (χ4n) is 3.81. The summed E-state index contributed by atoms with van der Waals surface area (Å²) < 4.78 is 14.9. The molecule has 1 atom stereocenters. The molecule has 31 heavy (non-hydrogen) atoms. The third-order valence-corrected chi connectivity index (χ3v) is 5.97. The normalized spacial score (nSPS) is 16.0. The first kappa shape index (κ1) is 22.2. The van der Waals surface area contributed by atoms with Crippen LogP contribution in [-0.2, 0) is 17.8 Å². The monoisotopic (exact) mass is 464 g/mol. The van der Waals surface area contributed by atoms with Crippen LogP contribution in [0.4, 0.5) is 0 Å². The fourth-order valence-corrected chi connectivity index (χ4v) is 4.28. The lowest BCUT2D eigenvalue weighted by atomic mass is 10.3. The van der Waals surface area contributed by atoms with Crippen molar-refractivity contribution in [1.29, 1.82) is 5.41 Å². The molecule has 2 heterocycles. The first-order valence-electron chi connectivity index (χ1n) is 10.3. The zero-order valence-electron chi connectivity index (χ0n) is 17.1. The predicted molar refractivity (Wildman–Crippen MR) is 121 cm³/mol. The molecule has 0 saturated carbocycles. The van der Waals surface area contributed by atoms with E-state index < -0.39 is 6.10 Å². The summed E-state index contributed by atoms with van der Waals surface area (Å²) in [6.07, 6.45) is -0.806. The van der Waals surface area contributed by atoms with Crippen LogP contribution in [0.1, 0.15) is 0 Å². The Labute approximate surface area is 190 Å². The minimum atomic E-state index is -0.806. The molecule has 0 aliphatic carbocycles. The van der Waals surface area contributed by atoms with Crippen molar-refractivity contribution >= 4 is 34.2 Å². The Balaban J connectivity index is 1.47. The molecule has 1 fully saturated rings. The second-order valence-corrected chi connectivity index (χ2v) is 8.41. The molecular weight excluding hydrogens is 439 g/mol. The Hall–Kier alpha value is -2.03. The van der Waals surface area contributed by atoms with E-state index in [4.69, 9.17) is 38.1 Å². The van der Waals surface area contributed by atoms with Gasteiger partial charge in [0, 0.05) is 31.2 Å². The van der Waals surface area contributed by atoms with Gasteiger partial charge in [-0.1, -0.05) is 35.3 Å². The Kier molecular flexibility index (Phi) is 7.20. The van der Waals surface area contributed by atoms with Crippen molar-refractivity contribution in [2.45, 2.75) is 19.2 Å². The van der Waals surface area contributed by atoms with E-state index in [0.717, 1.165) is 43.9 Å². The molecule has 1 aliphatic heterocycles. The highest BCUT2D eigenvalue weighted by atomic mass is 35.5. The third-order valence-electron chi connectivity index (χ3n) is 5.44. The number of imidazole rings is 1. The van der Waals surface area contributed by atoms with Crippen molar-refractivity contribution < 1.29 is 14.6 Å². The van der Waals surface area contributed by atoms with E-state index in [1.807, 2.05) is 33.4 Å². The molecule has 166 valence electrons. The van der Waals surface area contributed by atoms with Gasteiger partial charge in [-0.3, -0.25) is 10.3 Å². The molecule has 0 radical (unpaired) electrons. The maximum absolute atomic E-state index is 10.6. The topological polar surface area (TPSA) is 75.6 Å². The number of hydrogen-bond donors (Lipinski definition) is 2. The second kappa shape index (κ2) is 10.1. The van der Waals surface area contributed by atoms with Gasteiger partial charge in [0.2, 0.25) is 5.62 Å². The number of fused-ring (bicyclic) bond motifs is 1. The van der Waals surface area contributed by atoms with E-state index in [-0.39, 0.29) is 13.2 Å². The van der Waals surface area contributed by atoms with Crippen molar-refractivity contribution in [3.05, 3.63) is 58.1 Å². The van der Waals surface area contributed by atoms with Crippen LogP contribution >= 0.6 is 23.2 Å². The number of hydrogen-bond acceptors (Lipinski definition) is 5. The Morgan fingerprint density at radius 2 is 1.74 bits per heavy atom. The Bertz CT molecular complexity index is 1090. The van der Waals surface area contributed by atoms with Crippen molar-refractivity contribution in [2.24, 2.45) is 0 Å². The summed E-state index contributed by atoms with van der Waals surface area (Å²) >= 11 is 12.0. The van der Waals surface area contributed by atoms with E-state index >= 15 is 0 Å². The van der Waals surface area contributed by atoms with Crippen LogP contribution < -0.4 is 10.4 Å². The highest BCUT2D eigenvalue weighted by molar-refractivity contribution is 6.35. The summed E-state index contributed by atoms with van der Waals surface area (Å²) in [4.78, 5) is 2.35. The van der Waals surface area contributed by atoms with Crippen LogP contribution in [0.15, 0.2) is 42.5 Å². The number of para-hydroxylation sites is 2. The van der Waals surface area contributed by atoms with E-state index in [0.29, 0.717) is 28.0 Å². The second-order valence-electron chi connectivity index (χ2n) is 7.57. The highest BCUT2D eigenvalue weighted by Gasteiger charge is 2.16. The lowest BCUT2D eigenvalue weighted by Crippen LogP contribution is -2.39. The molecule has 0 unspecified atom stereocenters. The molecule has 0 amide bonds. The molecule has 4 rings (SSSR count). The number of ether oxygens (including phenoxy) is 2. The summed E-state index contributed by atoms with van der Waals surface area (Å²) in [6.45, 7) is 5.20. The molecule has 7 nitrogen and oxygen atoms in total. The molecule has 9 heteroatoms. The Morgan fingerprint density at radius 3 is 2.45 bits per heavy atom. The lowest BCUT2D eigenvalue weighted by Gasteiger charge is -2.26. The Morgan fingerprint density at radius 1 is 1.03 bits per heavy atom. The van der Waals surface area contributed by atoms with Gasteiger partial charge in [0.05, 0.1) is 35.8 Å². The number of rotatable bonds is 8. The number of aromatic nitrogens is 2. The molecule has 2 aromatic carbocycles. The molecule has 1 aromatic heterocycles.